The number of halogens is 1. The number of unbranched alkanes of at least 4 members (excludes halogenated alkanes) is 1. The number of rotatable bonds is 5. The van der Waals surface area contributed by atoms with Crippen LogP contribution in [-0.4, -0.2) is 30.8 Å². The van der Waals surface area contributed by atoms with E-state index in [0.29, 0.717) is 19.3 Å². The summed E-state index contributed by atoms with van der Waals surface area (Å²) >= 11 is 0. The van der Waals surface area contributed by atoms with E-state index in [1.54, 1.807) is 19.0 Å². The van der Waals surface area contributed by atoms with Crippen LogP contribution in [-0.2, 0) is 9.59 Å². The Labute approximate surface area is 84.9 Å². The first-order valence-corrected chi connectivity index (χ1v) is 4.02. The van der Waals surface area contributed by atoms with Gasteiger partial charge in [0, 0.05) is 26.9 Å². The van der Waals surface area contributed by atoms with E-state index in [2.05, 4.69) is 0 Å². The smallest absolute Gasteiger partial charge is 0.222 e. The number of carbonyl (C=O) groups is 2. The zero-order valence-corrected chi connectivity index (χ0v) is 8.89. The maximum Gasteiger partial charge on any atom is 0.222 e. The van der Waals surface area contributed by atoms with Crippen LogP contribution in [0.25, 0.3) is 0 Å². The quantitative estimate of drug-likeness (QED) is 0.671. The Hall–Kier alpha value is -0.770. The SMILES string of the molecule is CN(C)C(=O)CCCCC(N)=O.Cl. The van der Waals surface area contributed by atoms with Crippen molar-refractivity contribution in [3.63, 3.8) is 0 Å². The molecule has 0 bridgehead atoms. The molecule has 13 heavy (non-hydrogen) atoms. The molecule has 0 spiro atoms. The molecular formula is C8H17ClN2O2. The minimum Gasteiger partial charge on any atom is -0.370 e. The number of nitrogens with two attached hydrogens (primary N) is 1. The van der Waals surface area contributed by atoms with Gasteiger partial charge in [-0.15, -0.1) is 12.4 Å². The van der Waals surface area contributed by atoms with E-state index in [9.17, 15) is 9.59 Å². The van der Waals surface area contributed by atoms with Gasteiger partial charge in [-0.25, -0.2) is 0 Å². The summed E-state index contributed by atoms with van der Waals surface area (Å²) in [6.45, 7) is 0. The van der Waals surface area contributed by atoms with Crippen LogP contribution < -0.4 is 5.73 Å². The predicted molar refractivity (Wildman–Crippen MR) is 53.6 cm³/mol. The van der Waals surface area contributed by atoms with Crippen molar-refractivity contribution in [2.75, 3.05) is 14.1 Å². The minimum absolute atomic E-state index is 0. The summed E-state index contributed by atoms with van der Waals surface area (Å²) in [5.74, 6) is -0.202. The summed E-state index contributed by atoms with van der Waals surface area (Å²) in [6.07, 6.45) is 2.32. The monoisotopic (exact) mass is 208 g/mol. The topological polar surface area (TPSA) is 63.4 Å². The Morgan fingerprint density at radius 1 is 1.15 bits per heavy atom. The van der Waals surface area contributed by atoms with Crippen molar-refractivity contribution in [2.24, 2.45) is 5.73 Å². The molecule has 0 fully saturated rings. The molecule has 5 heteroatoms. The summed E-state index contributed by atoms with van der Waals surface area (Å²) in [6, 6.07) is 0. The third kappa shape index (κ3) is 9.14. The van der Waals surface area contributed by atoms with Gasteiger partial charge in [-0.1, -0.05) is 0 Å². The minimum atomic E-state index is -0.299. The number of hydrogen-bond acceptors (Lipinski definition) is 2. The zero-order chi connectivity index (χ0) is 9.56. The van der Waals surface area contributed by atoms with Crippen LogP contribution in [0, 0.1) is 0 Å². The fraction of sp³-hybridized carbons (Fsp3) is 0.750. The summed E-state index contributed by atoms with van der Waals surface area (Å²) in [5.41, 5.74) is 4.93. The molecule has 0 aromatic rings. The Morgan fingerprint density at radius 3 is 2.00 bits per heavy atom. The van der Waals surface area contributed by atoms with Gasteiger partial charge in [0.05, 0.1) is 0 Å². The zero-order valence-electron chi connectivity index (χ0n) is 8.08. The van der Waals surface area contributed by atoms with Crippen LogP contribution >= 0.6 is 12.4 Å². The van der Waals surface area contributed by atoms with Gasteiger partial charge >= 0.3 is 0 Å². The van der Waals surface area contributed by atoms with E-state index in [-0.39, 0.29) is 24.2 Å². The Kier molecular flexibility index (Phi) is 8.91. The predicted octanol–water partition coefficient (Wildman–Crippen LogP) is 0.542. The number of carbonyl (C=O) groups excluding carboxylic acids is 2. The van der Waals surface area contributed by atoms with E-state index < -0.39 is 0 Å². The average molecular weight is 209 g/mol. The van der Waals surface area contributed by atoms with E-state index >= 15 is 0 Å². The standard InChI is InChI=1S/C8H16N2O2.ClH/c1-10(2)8(12)6-4-3-5-7(9)11;/h3-6H2,1-2H3,(H2,9,11);1H. The van der Waals surface area contributed by atoms with Gasteiger partial charge in [0.25, 0.3) is 0 Å². The number of hydrogen-bond donors (Lipinski definition) is 1. The fourth-order valence-electron chi connectivity index (χ4n) is 0.799. The number of nitrogens with zero attached hydrogens (tertiary/aromatic N) is 1. The molecule has 2 amide bonds. The van der Waals surface area contributed by atoms with E-state index in [4.69, 9.17) is 5.73 Å². The van der Waals surface area contributed by atoms with Crippen LogP contribution in [0.2, 0.25) is 0 Å². The third-order valence-corrected chi connectivity index (χ3v) is 1.56. The fourth-order valence-corrected chi connectivity index (χ4v) is 0.799. The van der Waals surface area contributed by atoms with Gasteiger partial charge < -0.3 is 10.6 Å². The maximum atomic E-state index is 11.0. The second kappa shape index (κ2) is 7.86. The summed E-state index contributed by atoms with van der Waals surface area (Å²) < 4.78 is 0. The molecule has 0 aliphatic carbocycles. The van der Waals surface area contributed by atoms with Crippen LogP contribution in [0.1, 0.15) is 25.7 Å². The van der Waals surface area contributed by atoms with Gasteiger partial charge in [0.2, 0.25) is 11.8 Å². The van der Waals surface area contributed by atoms with Crippen LogP contribution in [0.5, 0.6) is 0 Å². The first kappa shape index (κ1) is 14.7. The number of primary amides is 1. The lowest BCUT2D eigenvalue weighted by Crippen LogP contribution is -2.21. The van der Waals surface area contributed by atoms with E-state index in [1.165, 1.54) is 0 Å². The summed E-state index contributed by atoms with van der Waals surface area (Å²) in [5, 5.41) is 0. The summed E-state index contributed by atoms with van der Waals surface area (Å²) in [7, 11) is 3.44. The highest BCUT2D eigenvalue weighted by atomic mass is 35.5. The Balaban J connectivity index is 0. The molecule has 0 aromatic carbocycles. The van der Waals surface area contributed by atoms with Crippen molar-refractivity contribution >= 4 is 24.2 Å². The largest absolute Gasteiger partial charge is 0.370 e. The first-order chi connectivity index (χ1) is 5.54. The van der Waals surface area contributed by atoms with Gasteiger partial charge in [-0.2, -0.15) is 0 Å². The molecular weight excluding hydrogens is 192 g/mol. The normalized spacial score (nSPS) is 8.77. The van der Waals surface area contributed by atoms with E-state index in [1.807, 2.05) is 0 Å². The molecule has 2 N–H and O–H groups in total. The van der Waals surface area contributed by atoms with Gasteiger partial charge in [-0.3, -0.25) is 9.59 Å². The van der Waals surface area contributed by atoms with Crippen molar-refractivity contribution < 1.29 is 9.59 Å². The lowest BCUT2D eigenvalue weighted by Gasteiger charge is -2.08. The lowest BCUT2D eigenvalue weighted by atomic mass is 10.2. The molecule has 0 saturated heterocycles. The van der Waals surface area contributed by atoms with Crippen molar-refractivity contribution in [3.8, 4) is 0 Å². The Bertz CT molecular complexity index is 172. The van der Waals surface area contributed by atoms with Crippen molar-refractivity contribution in [3.05, 3.63) is 0 Å². The Morgan fingerprint density at radius 2 is 1.62 bits per heavy atom. The maximum absolute atomic E-state index is 11.0. The molecule has 0 aliphatic heterocycles. The second-order valence-corrected chi connectivity index (χ2v) is 2.96. The molecule has 0 unspecified atom stereocenters. The molecule has 4 nitrogen and oxygen atoms in total. The highest BCUT2D eigenvalue weighted by Gasteiger charge is 2.03. The highest BCUT2D eigenvalue weighted by Crippen LogP contribution is 2.00. The van der Waals surface area contributed by atoms with Crippen LogP contribution in [0.4, 0.5) is 0 Å². The second-order valence-electron chi connectivity index (χ2n) is 2.96. The highest BCUT2D eigenvalue weighted by molar-refractivity contribution is 5.85. The molecule has 0 heterocycles. The van der Waals surface area contributed by atoms with Gasteiger partial charge in [0.15, 0.2) is 0 Å². The molecule has 0 aliphatic rings. The summed E-state index contributed by atoms with van der Waals surface area (Å²) in [4.78, 5) is 22.8. The van der Waals surface area contributed by atoms with Crippen LogP contribution in [0.3, 0.4) is 0 Å². The molecule has 0 rings (SSSR count). The number of amides is 2. The van der Waals surface area contributed by atoms with Gasteiger partial charge in [0.1, 0.15) is 0 Å². The average Bonchev–Trinajstić information content (AvgIpc) is 1.97. The lowest BCUT2D eigenvalue weighted by molar-refractivity contribution is -0.129. The van der Waals surface area contributed by atoms with E-state index in [0.717, 1.165) is 6.42 Å². The molecule has 0 radical (unpaired) electrons. The van der Waals surface area contributed by atoms with Crippen LogP contribution in [0.15, 0.2) is 0 Å². The molecule has 0 aromatic heterocycles. The van der Waals surface area contributed by atoms with Crippen molar-refractivity contribution in [2.45, 2.75) is 25.7 Å². The van der Waals surface area contributed by atoms with Crippen molar-refractivity contribution in [1.82, 2.24) is 4.90 Å². The third-order valence-electron chi connectivity index (χ3n) is 1.56. The molecule has 0 atom stereocenters. The van der Waals surface area contributed by atoms with Crippen molar-refractivity contribution in [1.29, 1.82) is 0 Å². The molecule has 0 saturated carbocycles. The van der Waals surface area contributed by atoms with Gasteiger partial charge in [-0.05, 0) is 12.8 Å². The first-order valence-electron chi connectivity index (χ1n) is 4.02. The molecule has 78 valence electrons.